The summed E-state index contributed by atoms with van der Waals surface area (Å²) in [5.74, 6) is 1.62. The fourth-order valence-corrected chi connectivity index (χ4v) is 7.32. The van der Waals surface area contributed by atoms with E-state index in [4.69, 9.17) is 28.2 Å². The Balaban J connectivity index is 1.10. The second-order valence-electron chi connectivity index (χ2n) is 12.8. The average Bonchev–Trinajstić information content (AvgIpc) is 3.88. The maximum absolute atomic E-state index is 6.46. The van der Waals surface area contributed by atoms with E-state index in [1.807, 2.05) is 84.9 Å². The van der Waals surface area contributed by atoms with E-state index in [1.54, 1.807) is 0 Å². The number of benzene rings is 7. The molecule has 6 nitrogen and oxygen atoms in total. The van der Waals surface area contributed by atoms with Crippen LogP contribution in [0.1, 0.15) is 0 Å². The third-order valence-electron chi connectivity index (χ3n) is 9.75. The van der Waals surface area contributed by atoms with Crippen LogP contribution in [0, 0.1) is 0 Å². The molecular formula is C45H25N3O3. The standard InChI is InChI=1S/C45H25N3O3/c1-2-9-26(10-3-1)30-13-8-16-38-42(30)35-22-19-29(25-41(35)51-38)45-47-43(27-17-20-33-31-11-4-6-14-36(31)49-39(33)23-27)46-44(48-45)28-18-21-34-32-12-5-7-15-37(32)50-40(34)24-28/h1-25H. The normalized spacial score (nSPS) is 11.9. The van der Waals surface area contributed by atoms with Crippen molar-refractivity contribution in [1.82, 2.24) is 15.0 Å². The highest BCUT2D eigenvalue weighted by atomic mass is 16.3. The Morgan fingerprint density at radius 2 is 0.725 bits per heavy atom. The largest absolute Gasteiger partial charge is 0.456 e. The molecule has 6 heteroatoms. The minimum atomic E-state index is 0.537. The molecule has 0 aliphatic carbocycles. The van der Waals surface area contributed by atoms with Crippen molar-refractivity contribution >= 4 is 65.8 Å². The molecule has 0 saturated carbocycles. The molecule has 4 heterocycles. The van der Waals surface area contributed by atoms with Crippen LogP contribution < -0.4 is 0 Å². The molecule has 51 heavy (non-hydrogen) atoms. The number of para-hydroxylation sites is 2. The number of hydrogen-bond donors (Lipinski definition) is 0. The first-order valence-corrected chi connectivity index (χ1v) is 16.8. The van der Waals surface area contributed by atoms with E-state index in [0.717, 1.165) is 93.6 Å². The van der Waals surface area contributed by atoms with Crippen molar-refractivity contribution in [2.75, 3.05) is 0 Å². The van der Waals surface area contributed by atoms with E-state index in [0.29, 0.717) is 17.5 Å². The summed E-state index contributed by atoms with van der Waals surface area (Å²) in [5, 5.41) is 6.36. The van der Waals surface area contributed by atoms with Crippen LogP contribution >= 0.6 is 0 Å². The van der Waals surface area contributed by atoms with Crippen LogP contribution in [0.2, 0.25) is 0 Å². The summed E-state index contributed by atoms with van der Waals surface area (Å²) < 4.78 is 19.0. The van der Waals surface area contributed by atoms with Crippen LogP contribution in [-0.4, -0.2) is 15.0 Å². The maximum Gasteiger partial charge on any atom is 0.164 e. The molecule has 11 aromatic rings. The number of rotatable bonds is 4. The molecule has 238 valence electrons. The second-order valence-corrected chi connectivity index (χ2v) is 12.8. The molecule has 0 aliphatic rings. The lowest BCUT2D eigenvalue weighted by Gasteiger charge is -2.09. The van der Waals surface area contributed by atoms with Gasteiger partial charge in [0.2, 0.25) is 0 Å². The molecule has 7 aromatic carbocycles. The molecule has 0 aliphatic heterocycles. The first kappa shape index (κ1) is 27.9. The molecule has 0 unspecified atom stereocenters. The van der Waals surface area contributed by atoms with Gasteiger partial charge in [0.25, 0.3) is 0 Å². The third kappa shape index (κ3) is 4.40. The van der Waals surface area contributed by atoms with Gasteiger partial charge < -0.3 is 13.3 Å². The number of hydrogen-bond acceptors (Lipinski definition) is 6. The minimum absolute atomic E-state index is 0.537. The summed E-state index contributed by atoms with van der Waals surface area (Å²) >= 11 is 0. The van der Waals surface area contributed by atoms with E-state index in [2.05, 4.69) is 66.7 Å². The van der Waals surface area contributed by atoms with Gasteiger partial charge in [-0.2, -0.15) is 0 Å². The molecule has 0 bridgehead atoms. The quantitative estimate of drug-likeness (QED) is 0.188. The lowest BCUT2D eigenvalue weighted by molar-refractivity contribution is 0.668. The smallest absolute Gasteiger partial charge is 0.164 e. The molecule has 4 aromatic heterocycles. The van der Waals surface area contributed by atoms with Crippen LogP contribution in [0.4, 0.5) is 0 Å². The van der Waals surface area contributed by atoms with Gasteiger partial charge in [0, 0.05) is 49.0 Å². The van der Waals surface area contributed by atoms with Gasteiger partial charge in [-0.15, -0.1) is 0 Å². The number of fused-ring (bicyclic) bond motifs is 9. The van der Waals surface area contributed by atoms with E-state index in [-0.39, 0.29) is 0 Å². The summed E-state index contributed by atoms with van der Waals surface area (Å²) in [7, 11) is 0. The highest BCUT2D eigenvalue weighted by Gasteiger charge is 2.18. The Hall–Kier alpha value is -7.05. The summed E-state index contributed by atoms with van der Waals surface area (Å²) in [6, 6.07) is 51.2. The van der Waals surface area contributed by atoms with Gasteiger partial charge in [-0.05, 0) is 65.7 Å². The van der Waals surface area contributed by atoms with Gasteiger partial charge in [-0.25, -0.2) is 15.0 Å². The molecule has 0 atom stereocenters. The zero-order valence-electron chi connectivity index (χ0n) is 27.0. The molecule has 0 spiro atoms. The fraction of sp³-hybridized carbons (Fsp3) is 0. The SMILES string of the molecule is c1ccc(-c2cccc3oc4cc(-c5nc(-c6ccc7c(c6)oc6ccccc67)nc(-c6ccc7c(c6)oc6ccccc67)n5)ccc4c23)cc1. The average molecular weight is 656 g/mol. The van der Waals surface area contributed by atoms with E-state index < -0.39 is 0 Å². The molecule has 0 amide bonds. The van der Waals surface area contributed by atoms with E-state index in [9.17, 15) is 0 Å². The molecule has 0 fully saturated rings. The Bertz CT molecular complexity index is 3020. The summed E-state index contributed by atoms with van der Waals surface area (Å²) in [4.78, 5) is 15.1. The highest BCUT2D eigenvalue weighted by molar-refractivity contribution is 6.13. The number of furan rings is 3. The Kier molecular flexibility index (Phi) is 5.86. The van der Waals surface area contributed by atoms with E-state index >= 15 is 0 Å². The van der Waals surface area contributed by atoms with Crippen LogP contribution in [0.3, 0.4) is 0 Å². The van der Waals surface area contributed by atoms with Crippen molar-refractivity contribution in [1.29, 1.82) is 0 Å². The number of aromatic nitrogens is 3. The monoisotopic (exact) mass is 655 g/mol. The van der Waals surface area contributed by atoms with Crippen LogP contribution in [0.5, 0.6) is 0 Å². The zero-order valence-corrected chi connectivity index (χ0v) is 27.0. The molecule has 11 rings (SSSR count). The minimum Gasteiger partial charge on any atom is -0.456 e. The van der Waals surface area contributed by atoms with Crippen molar-refractivity contribution in [2.45, 2.75) is 0 Å². The Labute approximate surface area is 290 Å². The predicted molar refractivity (Wildman–Crippen MR) is 203 cm³/mol. The van der Waals surface area contributed by atoms with Gasteiger partial charge in [0.05, 0.1) is 0 Å². The first-order valence-electron chi connectivity index (χ1n) is 16.8. The molecule has 0 N–H and O–H groups in total. The first-order chi connectivity index (χ1) is 25.2. The van der Waals surface area contributed by atoms with Crippen LogP contribution in [0.15, 0.2) is 165 Å². The summed E-state index contributed by atoms with van der Waals surface area (Å²) in [6.45, 7) is 0. The lowest BCUT2D eigenvalue weighted by atomic mass is 9.99. The van der Waals surface area contributed by atoms with Crippen molar-refractivity contribution in [3.63, 3.8) is 0 Å². The van der Waals surface area contributed by atoms with Crippen molar-refractivity contribution in [3.05, 3.63) is 152 Å². The van der Waals surface area contributed by atoms with Gasteiger partial charge in [-0.3, -0.25) is 0 Å². The number of nitrogens with zero attached hydrogens (tertiary/aromatic N) is 3. The van der Waals surface area contributed by atoms with Crippen molar-refractivity contribution in [3.8, 4) is 45.3 Å². The van der Waals surface area contributed by atoms with Crippen LogP contribution in [0.25, 0.3) is 111 Å². The van der Waals surface area contributed by atoms with Crippen LogP contribution in [-0.2, 0) is 0 Å². The second kappa shape index (κ2) is 10.7. The van der Waals surface area contributed by atoms with Gasteiger partial charge >= 0.3 is 0 Å². The third-order valence-corrected chi connectivity index (χ3v) is 9.75. The highest BCUT2D eigenvalue weighted by Crippen LogP contribution is 2.39. The zero-order chi connectivity index (χ0) is 33.5. The van der Waals surface area contributed by atoms with Gasteiger partial charge in [0.15, 0.2) is 17.5 Å². The Morgan fingerprint density at radius 1 is 0.294 bits per heavy atom. The van der Waals surface area contributed by atoms with Crippen molar-refractivity contribution in [2.24, 2.45) is 0 Å². The van der Waals surface area contributed by atoms with Gasteiger partial charge in [0.1, 0.15) is 33.5 Å². The fourth-order valence-electron chi connectivity index (χ4n) is 7.32. The summed E-state index contributed by atoms with van der Waals surface area (Å²) in [5.41, 5.74) is 9.59. The lowest BCUT2D eigenvalue weighted by Crippen LogP contribution is -2.00. The van der Waals surface area contributed by atoms with Gasteiger partial charge in [-0.1, -0.05) is 97.1 Å². The maximum atomic E-state index is 6.46. The molecule has 0 saturated heterocycles. The van der Waals surface area contributed by atoms with E-state index in [1.165, 1.54) is 0 Å². The topological polar surface area (TPSA) is 78.1 Å². The molecule has 0 radical (unpaired) electrons. The molecular weight excluding hydrogens is 631 g/mol. The predicted octanol–water partition coefficient (Wildman–Crippen LogP) is 12.2. The van der Waals surface area contributed by atoms with Crippen molar-refractivity contribution < 1.29 is 13.3 Å². The Morgan fingerprint density at radius 3 is 1.29 bits per heavy atom. The summed E-state index contributed by atoms with van der Waals surface area (Å²) in [6.07, 6.45) is 0.